The van der Waals surface area contributed by atoms with Crippen LogP contribution in [0.4, 0.5) is 0 Å². The highest BCUT2D eigenvalue weighted by Crippen LogP contribution is 2.25. The van der Waals surface area contributed by atoms with Crippen LogP contribution in [0.3, 0.4) is 0 Å². The quantitative estimate of drug-likeness (QED) is 0.889. The highest BCUT2D eigenvalue weighted by atomic mass is 32.1. The maximum atomic E-state index is 12.6. The lowest BCUT2D eigenvalue weighted by molar-refractivity contribution is 0.0799. The third kappa shape index (κ3) is 4.22. The van der Waals surface area contributed by atoms with Crippen molar-refractivity contribution in [2.75, 3.05) is 19.6 Å². The number of rotatable bonds is 5. The van der Waals surface area contributed by atoms with Gasteiger partial charge in [-0.3, -0.25) is 9.69 Å². The molecule has 0 aromatic carbocycles. The molecule has 1 amide bonds. The van der Waals surface area contributed by atoms with Gasteiger partial charge in [-0.25, -0.2) is 15.0 Å². The molecule has 1 N–H and O–H groups in total. The topological polar surface area (TPSA) is 71.0 Å². The van der Waals surface area contributed by atoms with E-state index < -0.39 is 0 Å². The normalized spacial score (nSPS) is 16.0. The number of amides is 1. The number of likely N-dealkylation sites (tertiary alicyclic amines) is 1. The van der Waals surface area contributed by atoms with Gasteiger partial charge in [0.15, 0.2) is 10.8 Å². The maximum absolute atomic E-state index is 12.6. The fourth-order valence-electron chi connectivity index (χ4n) is 3.10. The van der Waals surface area contributed by atoms with E-state index in [9.17, 15) is 4.79 Å². The second kappa shape index (κ2) is 7.58. The lowest BCUT2D eigenvalue weighted by Crippen LogP contribution is -2.53. The summed E-state index contributed by atoms with van der Waals surface area (Å²) in [5, 5.41) is 3.77. The number of hydrogen-bond acceptors (Lipinski definition) is 6. The number of nitrogens with zero attached hydrogens (tertiary/aromatic N) is 4. The average molecular weight is 359 g/mol. The molecule has 25 heavy (non-hydrogen) atoms. The fraction of sp³-hybridized carbons (Fsp3) is 0.556. The van der Waals surface area contributed by atoms with Crippen LogP contribution in [0.2, 0.25) is 0 Å². The van der Waals surface area contributed by atoms with Crippen molar-refractivity contribution in [3.8, 4) is 10.8 Å². The van der Waals surface area contributed by atoms with E-state index in [4.69, 9.17) is 0 Å². The first-order valence-electron chi connectivity index (χ1n) is 8.75. The van der Waals surface area contributed by atoms with Crippen LogP contribution in [-0.4, -0.2) is 50.9 Å². The molecule has 6 nitrogen and oxygen atoms in total. The van der Waals surface area contributed by atoms with Gasteiger partial charge in [0.1, 0.15) is 4.88 Å². The molecule has 0 radical (unpaired) electrons. The summed E-state index contributed by atoms with van der Waals surface area (Å²) < 4.78 is 0. The molecule has 0 aliphatic carbocycles. The van der Waals surface area contributed by atoms with Gasteiger partial charge in [-0.2, -0.15) is 0 Å². The Labute approximate surface area is 152 Å². The molecular weight excluding hydrogens is 334 g/mol. The largest absolute Gasteiger partial charge is 0.349 e. The Bertz CT molecular complexity index is 722. The van der Waals surface area contributed by atoms with Crippen molar-refractivity contribution in [3.05, 3.63) is 29.0 Å². The Kier molecular flexibility index (Phi) is 5.44. The van der Waals surface area contributed by atoms with E-state index in [0.717, 1.165) is 18.8 Å². The van der Waals surface area contributed by atoms with Gasteiger partial charge in [0.2, 0.25) is 0 Å². The highest BCUT2D eigenvalue weighted by Gasteiger charge is 2.29. The average Bonchev–Trinajstić information content (AvgIpc) is 3.03. The van der Waals surface area contributed by atoms with Gasteiger partial charge in [0.25, 0.3) is 5.91 Å². The van der Waals surface area contributed by atoms with E-state index in [2.05, 4.69) is 39.0 Å². The first-order valence-corrected chi connectivity index (χ1v) is 9.57. The summed E-state index contributed by atoms with van der Waals surface area (Å²) in [6.45, 7) is 9.09. The molecule has 3 rings (SSSR count). The van der Waals surface area contributed by atoms with E-state index in [1.165, 1.54) is 30.6 Å². The van der Waals surface area contributed by atoms with E-state index >= 15 is 0 Å². The molecule has 0 unspecified atom stereocenters. The molecule has 2 aromatic heterocycles. The summed E-state index contributed by atoms with van der Waals surface area (Å²) in [7, 11) is 0. The predicted molar refractivity (Wildman–Crippen MR) is 99.7 cm³/mol. The maximum Gasteiger partial charge on any atom is 0.263 e. The predicted octanol–water partition coefficient (Wildman–Crippen LogP) is 2.90. The van der Waals surface area contributed by atoms with E-state index in [1.54, 1.807) is 18.5 Å². The van der Waals surface area contributed by atoms with Gasteiger partial charge in [-0.15, -0.1) is 11.3 Å². The number of carbonyl (C=O) groups excluding carboxylic acids is 1. The third-order valence-corrected chi connectivity index (χ3v) is 5.81. The second-order valence-corrected chi connectivity index (χ2v) is 8.05. The molecule has 134 valence electrons. The van der Waals surface area contributed by atoms with Gasteiger partial charge in [-0.1, -0.05) is 6.42 Å². The zero-order valence-electron chi connectivity index (χ0n) is 15.1. The third-order valence-electron chi connectivity index (χ3n) is 4.65. The second-order valence-electron chi connectivity index (χ2n) is 7.05. The van der Waals surface area contributed by atoms with Crippen LogP contribution in [-0.2, 0) is 0 Å². The lowest BCUT2D eigenvalue weighted by Gasteiger charge is -2.41. The molecule has 1 fully saturated rings. The zero-order chi connectivity index (χ0) is 17.9. The first-order chi connectivity index (χ1) is 12.0. The van der Waals surface area contributed by atoms with Crippen LogP contribution in [0.25, 0.3) is 10.8 Å². The summed E-state index contributed by atoms with van der Waals surface area (Å²) >= 11 is 1.35. The summed E-state index contributed by atoms with van der Waals surface area (Å²) in [4.78, 5) is 28.6. The van der Waals surface area contributed by atoms with Gasteiger partial charge in [0, 0.05) is 24.5 Å². The Hall–Kier alpha value is -1.86. The van der Waals surface area contributed by atoms with Crippen molar-refractivity contribution in [1.29, 1.82) is 0 Å². The number of aryl methyl sites for hydroxylation is 1. The number of aromatic nitrogens is 3. The van der Waals surface area contributed by atoms with Crippen molar-refractivity contribution in [1.82, 2.24) is 25.2 Å². The van der Waals surface area contributed by atoms with Crippen LogP contribution >= 0.6 is 11.3 Å². The van der Waals surface area contributed by atoms with Crippen LogP contribution in [0, 0.1) is 6.92 Å². The minimum atomic E-state index is -0.0673. The van der Waals surface area contributed by atoms with Crippen LogP contribution < -0.4 is 5.32 Å². The van der Waals surface area contributed by atoms with Gasteiger partial charge in [0.05, 0.1) is 5.69 Å². The fourth-order valence-corrected chi connectivity index (χ4v) is 4.03. The van der Waals surface area contributed by atoms with Crippen molar-refractivity contribution >= 4 is 17.2 Å². The van der Waals surface area contributed by atoms with Crippen molar-refractivity contribution in [3.63, 3.8) is 0 Å². The Morgan fingerprint density at radius 3 is 2.60 bits per heavy atom. The monoisotopic (exact) mass is 359 g/mol. The zero-order valence-corrected chi connectivity index (χ0v) is 15.9. The van der Waals surface area contributed by atoms with Gasteiger partial charge < -0.3 is 5.32 Å². The molecule has 2 aromatic rings. The van der Waals surface area contributed by atoms with Crippen molar-refractivity contribution < 1.29 is 4.79 Å². The number of nitrogens with one attached hydrogen (secondary N) is 1. The van der Waals surface area contributed by atoms with E-state index in [-0.39, 0.29) is 11.4 Å². The minimum absolute atomic E-state index is 0.0416. The Morgan fingerprint density at radius 2 is 1.92 bits per heavy atom. The standard InChI is InChI=1S/C18H25N5OS/c1-13-14(25-17(22-13)15-19-8-7-9-20-15)16(24)21-12-18(2,3)23-10-5-4-6-11-23/h7-9H,4-6,10-12H2,1-3H3,(H,21,24). The number of hydrogen-bond donors (Lipinski definition) is 1. The number of thiazole rings is 1. The SMILES string of the molecule is Cc1nc(-c2ncccn2)sc1C(=O)NCC(C)(C)N1CCCCC1. The molecule has 0 atom stereocenters. The summed E-state index contributed by atoms with van der Waals surface area (Å²) in [6.07, 6.45) is 7.15. The molecule has 3 heterocycles. The minimum Gasteiger partial charge on any atom is -0.349 e. The summed E-state index contributed by atoms with van der Waals surface area (Å²) in [5.74, 6) is 0.491. The molecule has 0 spiro atoms. The van der Waals surface area contributed by atoms with E-state index in [0.29, 0.717) is 22.3 Å². The molecular formula is C18H25N5OS. The van der Waals surface area contributed by atoms with E-state index in [1.807, 2.05) is 6.92 Å². The van der Waals surface area contributed by atoms with Crippen LogP contribution in [0.1, 0.15) is 48.5 Å². The molecule has 0 bridgehead atoms. The highest BCUT2D eigenvalue weighted by molar-refractivity contribution is 7.17. The molecule has 1 aliphatic heterocycles. The smallest absolute Gasteiger partial charge is 0.263 e. The van der Waals surface area contributed by atoms with Gasteiger partial charge >= 0.3 is 0 Å². The molecule has 1 aliphatic rings. The number of carbonyl (C=O) groups is 1. The van der Waals surface area contributed by atoms with Crippen molar-refractivity contribution in [2.24, 2.45) is 0 Å². The number of piperidine rings is 1. The molecule has 0 saturated carbocycles. The summed E-state index contributed by atoms with van der Waals surface area (Å²) in [5.41, 5.74) is 0.681. The first kappa shape index (κ1) is 17.9. The van der Waals surface area contributed by atoms with Gasteiger partial charge in [-0.05, 0) is 52.8 Å². The van der Waals surface area contributed by atoms with Crippen molar-refractivity contribution in [2.45, 2.75) is 45.6 Å². The Morgan fingerprint density at radius 1 is 1.24 bits per heavy atom. The van der Waals surface area contributed by atoms with Crippen LogP contribution in [0.15, 0.2) is 18.5 Å². The lowest BCUT2D eigenvalue weighted by atomic mass is 9.98. The molecule has 1 saturated heterocycles. The van der Waals surface area contributed by atoms with Crippen LogP contribution in [0.5, 0.6) is 0 Å². The molecule has 7 heteroatoms. The Balaban J connectivity index is 1.66. The summed E-state index contributed by atoms with van der Waals surface area (Å²) in [6, 6.07) is 1.76.